The van der Waals surface area contributed by atoms with Gasteiger partial charge in [-0.15, -0.1) is 0 Å². The van der Waals surface area contributed by atoms with E-state index < -0.39 is 12.5 Å². The SMILES string of the molecule is O=C(Nc1ccc(OC(F)F)c(Cc2ccccc2)c1)c1ccc(=O)n(CCOc2ccccc2)n1. The summed E-state index contributed by atoms with van der Waals surface area (Å²) in [6, 6.07) is 25.4. The Morgan fingerprint density at radius 2 is 1.67 bits per heavy atom. The Balaban J connectivity index is 1.47. The molecule has 0 saturated carbocycles. The number of hydrogen-bond donors (Lipinski definition) is 1. The van der Waals surface area contributed by atoms with Crippen LogP contribution in [0.4, 0.5) is 14.5 Å². The molecule has 0 aliphatic heterocycles. The first kappa shape index (κ1) is 24.6. The normalized spacial score (nSPS) is 10.8. The van der Waals surface area contributed by atoms with Crippen molar-refractivity contribution in [2.75, 3.05) is 11.9 Å². The number of carbonyl (C=O) groups excluding carboxylic acids is 1. The van der Waals surface area contributed by atoms with Gasteiger partial charge in [-0.05, 0) is 42.0 Å². The van der Waals surface area contributed by atoms with Gasteiger partial charge in [0, 0.05) is 23.7 Å². The minimum absolute atomic E-state index is 0.0202. The van der Waals surface area contributed by atoms with Crippen LogP contribution in [0.1, 0.15) is 21.6 Å². The molecule has 4 rings (SSSR count). The first-order chi connectivity index (χ1) is 17.5. The highest BCUT2D eigenvalue weighted by Gasteiger charge is 2.14. The van der Waals surface area contributed by atoms with Gasteiger partial charge in [-0.25, -0.2) is 4.68 Å². The highest BCUT2D eigenvalue weighted by atomic mass is 19.3. The van der Waals surface area contributed by atoms with Crippen molar-refractivity contribution in [2.24, 2.45) is 0 Å². The summed E-state index contributed by atoms with van der Waals surface area (Å²) in [5, 5.41) is 6.84. The predicted molar refractivity (Wildman–Crippen MR) is 131 cm³/mol. The van der Waals surface area contributed by atoms with E-state index in [0.29, 0.717) is 23.4 Å². The van der Waals surface area contributed by atoms with E-state index in [1.165, 1.54) is 24.3 Å². The Hall–Kier alpha value is -4.53. The standard InChI is InChI=1S/C27H23F2N3O4/c28-27(29)36-24-13-11-21(18-20(24)17-19-7-3-1-4-8-19)30-26(34)23-12-14-25(33)32(31-23)15-16-35-22-9-5-2-6-10-22/h1-14,18,27H,15-17H2,(H,30,34). The van der Waals surface area contributed by atoms with Gasteiger partial charge in [0.15, 0.2) is 0 Å². The summed E-state index contributed by atoms with van der Waals surface area (Å²) in [6.07, 6.45) is 0.331. The van der Waals surface area contributed by atoms with Gasteiger partial charge in [-0.3, -0.25) is 9.59 Å². The number of alkyl halides is 2. The van der Waals surface area contributed by atoms with E-state index >= 15 is 0 Å². The third-order valence-corrected chi connectivity index (χ3v) is 5.19. The molecule has 0 atom stereocenters. The molecular weight excluding hydrogens is 468 g/mol. The van der Waals surface area contributed by atoms with Gasteiger partial charge in [0.05, 0.1) is 6.54 Å². The largest absolute Gasteiger partial charge is 0.492 e. The third kappa shape index (κ3) is 6.75. The summed E-state index contributed by atoms with van der Waals surface area (Å²) in [5.41, 5.74) is 1.40. The van der Waals surface area contributed by atoms with Gasteiger partial charge in [-0.1, -0.05) is 48.5 Å². The molecule has 9 heteroatoms. The predicted octanol–water partition coefficient (Wildman–Crippen LogP) is 4.77. The maximum atomic E-state index is 12.9. The minimum Gasteiger partial charge on any atom is -0.492 e. The van der Waals surface area contributed by atoms with Crippen LogP contribution in [0.5, 0.6) is 11.5 Å². The first-order valence-electron chi connectivity index (χ1n) is 11.2. The van der Waals surface area contributed by atoms with Crippen LogP contribution in [0.25, 0.3) is 0 Å². The fourth-order valence-electron chi connectivity index (χ4n) is 3.51. The average molecular weight is 491 g/mol. The van der Waals surface area contributed by atoms with Crippen molar-refractivity contribution in [3.63, 3.8) is 0 Å². The van der Waals surface area contributed by atoms with E-state index in [4.69, 9.17) is 4.74 Å². The number of para-hydroxylation sites is 1. The Labute approximate surface area is 205 Å². The van der Waals surface area contributed by atoms with E-state index in [-0.39, 0.29) is 30.2 Å². The first-order valence-corrected chi connectivity index (χ1v) is 11.2. The summed E-state index contributed by atoms with van der Waals surface area (Å²) in [7, 11) is 0. The number of nitrogens with one attached hydrogen (secondary N) is 1. The number of benzene rings is 3. The number of nitrogens with zero attached hydrogens (tertiary/aromatic N) is 2. The van der Waals surface area contributed by atoms with Crippen LogP contribution in [-0.2, 0) is 13.0 Å². The second-order valence-corrected chi connectivity index (χ2v) is 7.76. The van der Waals surface area contributed by atoms with Crippen LogP contribution in [0.15, 0.2) is 95.8 Å². The molecule has 184 valence electrons. The van der Waals surface area contributed by atoms with Crippen LogP contribution in [0.2, 0.25) is 0 Å². The Morgan fingerprint density at radius 3 is 2.39 bits per heavy atom. The second kappa shape index (κ2) is 11.7. The zero-order valence-electron chi connectivity index (χ0n) is 19.1. The number of anilines is 1. The number of carbonyl (C=O) groups is 1. The minimum atomic E-state index is -2.98. The van der Waals surface area contributed by atoms with Gasteiger partial charge < -0.3 is 14.8 Å². The third-order valence-electron chi connectivity index (χ3n) is 5.19. The number of ether oxygens (including phenoxy) is 2. The van der Waals surface area contributed by atoms with Crippen molar-refractivity contribution < 1.29 is 23.0 Å². The lowest BCUT2D eigenvalue weighted by Gasteiger charge is -2.14. The van der Waals surface area contributed by atoms with Gasteiger partial charge in [0.25, 0.3) is 11.5 Å². The molecule has 0 bridgehead atoms. The van der Waals surface area contributed by atoms with E-state index in [0.717, 1.165) is 10.2 Å². The van der Waals surface area contributed by atoms with E-state index in [9.17, 15) is 18.4 Å². The lowest BCUT2D eigenvalue weighted by molar-refractivity contribution is -0.0503. The van der Waals surface area contributed by atoms with Gasteiger partial charge in [0.1, 0.15) is 23.8 Å². The van der Waals surface area contributed by atoms with Gasteiger partial charge in [-0.2, -0.15) is 13.9 Å². The lowest BCUT2D eigenvalue weighted by Crippen LogP contribution is -2.28. The van der Waals surface area contributed by atoms with Crippen LogP contribution in [0, 0.1) is 0 Å². The monoisotopic (exact) mass is 491 g/mol. The number of amides is 1. The highest BCUT2D eigenvalue weighted by molar-refractivity contribution is 6.02. The molecule has 0 aliphatic rings. The van der Waals surface area contributed by atoms with Crippen LogP contribution < -0.4 is 20.3 Å². The van der Waals surface area contributed by atoms with Crippen molar-refractivity contribution in [1.82, 2.24) is 9.78 Å². The molecule has 3 aromatic carbocycles. The molecular formula is C27H23F2N3O4. The van der Waals surface area contributed by atoms with Crippen LogP contribution in [-0.4, -0.2) is 28.9 Å². The fourth-order valence-corrected chi connectivity index (χ4v) is 3.51. The van der Waals surface area contributed by atoms with Crippen molar-refractivity contribution >= 4 is 11.6 Å². The summed E-state index contributed by atoms with van der Waals surface area (Å²) in [4.78, 5) is 25.0. The molecule has 0 fully saturated rings. The quantitative estimate of drug-likeness (QED) is 0.346. The van der Waals surface area contributed by atoms with Crippen LogP contribution in [0.3, 0.4) is 0 Å². The van der Waals surface area contributed by atoms with E-state index in [2.05, 4.69) is 15.2 Å². The molecule has 7 nitrogen and oxygen atoms in total. The lowest BCUT2D eigenvalue weighted by atomic mass is 10.0. The summed E-state index contributed by atoms with van der Waals surface area (Å²) in [5.74, 6) is 0.128. The maximum Gasteiger partial charge on any atom is 0.387 e. The zero-order chi connectivity index (χ0) is 25.3. The number of halogens is 2. The molecule has 1 heterocycles. The molecule has 4 aromatic rings. The van der Waals surface area contributed by atoms with Gasteiger partial charge in [0.2, 0.25) is 0 Å². The van der Waals surface area contributed by atoms with Crippen molar-refractivity contribution in [2.45, 2.75) is 19.6 Å². The summed E-state index contributed by atoms with van der Waals surface area (Å²) in [6.45, 7) is -2.64. The average Bonchev–Trinajstić information content (AvgIpc) is 2.87. The number of hydrogen-bond acceptors (Lipinski definition) is 5. The molecule has 1 amide bonds. The summed E-state index contributed by atoms with van der Waals surface area (Å²) >= 11 is 0. The number of rotatable bonds is 10. The smallest absolute Gasteiger partial charge is 0.387 e. The van der Waals surface area contributed by atoms with Crippen LogP contribution >= 0.6 is 0 Å². The van der Waals surface area contributed by atoms with E-state index in [1.54, 1.807) is 18.2 Å². The second-order valence-electron chi connectivity index (χ2n) is 7.76. The summed E-state index contributed by atoms with van der Waals surface area (Å²) < 4.78 is 37.2. The highest BCUT2D eigenvalue weighted by Crippen LogP contribution is 2.27. The molecule has 0 spiro atoms. The maximum absolute atomic E-state index is 12.9. The number of aromatic nitrogens is 2. The fraction of sp³-hybridized carbons (Fsp3) is 0.148. The molecule has 0 unspecified atom stereocenters. The Morgan fingerprint density at radius 1 is 0.944 bits per heavy atom. The topological polar surface area (TPSA) is 82.5 Å². The Bertz CT molecular complexity index is 1360. The van der Waals surface area contributed by atoms with E-state index in [1.807, 2.05) is 48.5 Å². The van der Waals surface area contributed by atoms with Crippen molar-refractivity contribution in [1.29, 1.82) is 0 Å². The zero-order valence-corrected chi connectivity index (χ0v) is 19.1. The molecule has 36 heavy (non-hydrogen) atoms. The molecule has 0 saturated heterocycles. The molecule has 0 aliphatic carbocycles. The van der Waals surface area contributed by atoms with Gasteiger partial charge >= 0.3 is 6.61 Å². The van der Waals surface area contributed by atoms with Crippen molar-refractivity contribution in [3.05, 3.63) is 118 Å². The molecule has 1 aromatic heterocycles. The molecule has 0 radical (unpaired) electrons. The Kier molecular flexibility index (Phi) is 8.02. The molecule has 1 N–H and O–H groups in total. The van der Waals surface area contributed by atoms with Crippen molar-refractivity contribution in [3.8, 4) is 11.5 Å².